The number of hydrogen-bond donors (Lipinski definition) is 1. The van der Waals surface area contributed by atoms with Crippen LogP contribution >= 0.6 is 0 Å². The largest absolute Gasteiger partial charge is 0.380 e. The molecule has 106 valence electrons. The Hall–Kier alpha value is -0.120. The van der Waals surface area contributed by atoms with Gasteiger partial charge in [-0.1, -0.05) is 13.8 Å². The average molecular weight is 254 g/mol. The lowest BCUT2D eigenvalue weighted by atomic mass is 9.59. The maximum Gasteiger partial charge on any atom is 0.0551 e. The molecule has 0 bridgehead atoms. The molecule has 0 amide bonds. The smallest absolute Gasteiger partial charge is 0.0551 e. The summed E-state index contributed by atoms with van der Waals surface area (Å²) in [5.74, 6) is 2.30. The van der Waals surface area contributed by atoms with Crippen molar-refractivity contribution in [3.05, 3.63) is 0 Å². The van der Waals surface area contributed by atoms with Gasteiger partial charge in [0.15, 0.2) is 0 Å². The molecule has 2 aliphatic rings. The fourth-order valence-electron chi connectivity index (χ4n) is 4.05. The van der Waals surface area contributed by atoms with Gasteiger partial charge in [0, 0.05) is 12.0 Å². The molecule has 0 radical (unpaired) electrons. The molecule has 2 heterocycles. The van der Waals surface area contributed by atoms with Crippen molar-refractivity contribution in [1.82, 2.24) is 10.2 Å². The lowest BCUT2D eigenvalue weighted by Gasteiger charge is -2.55. The highest BCUT2D eigenvalue weighted by atomic mass is 16.5. The van der Waals surface area contributed by atoms with Crippen LogP contribution in [0, 0.1) is 23.2 Å². The average Bonchev–Trinajstić information content (AvgIpc) is 2.26. The third kappa shape index (κ3) is 2.59. The van der Waals surface area contributed by atoms with Crippen molar-refractivity contribution >= 4 is 0 Å². The first-order chi connectivity index (χ1) is 8.60. The van der Waals surface area contributed by atoms with E-state index in [-0.39, 0.29) is 0 Å². The molecule has 2 rings (SSSR count). The van der Waals surface area contributed by atoms with Crippen LogP contribution in [0.4, 0.5) is 0 Å². The fourth-order valence-corrected chi connectivity index (χ4v) is 4.05. The molecule has 2 unspecified atom stereocenters. The summed E-state index contributed by atoms with van der Waals surface area (Å²) in [5, 5.41) is 3.40. The van der Waals surface area contributed by atoms with Crippen LogP contribution in [-0.4, -0.2) is 51.8 Å². The highest BCUT2D eigenvalue weighted by Gasteiger charge is 2.52. The predicted octanol–water partition coefficient (Wildman–Crippen LogP) is 1.84. The summed E-state index contributed by atoms with van der Waals surface area (Å²) in [7, 11) is 4.34. The first-order valence-corrected chi connectivity index (χ1v) is 7.51. The molecule has 18 heavy (non-hydrogen) atoms. The summed E-state index contributed by atoms with van der Waals surface area (Å²) in [6, 6.07) is 0. The van der Waals surface area contributed by atoms with Crippen molar-refractivity contribution in [2.45, 2.75) is 26.7 Å². The Morgan fingerprint density at radius 3 is 2.56 bits per heavy atom. The normalized spacial score (nSPS) is 30.2. The van der Waals surface area contributed by atoms with Gasteiger partial charge in [-0.05, 0) is 57.8 Å². The van der Waals surface area contributed by atoms with Gasteiger partial charge in [0.05, 0.1) is 13.2 Å². The van der Waals surface area contributed by atoms with Crippen LogP contribution in [0.15, 0.2) is 0 Å². The van der Waals surface area contributed by atoms with E-state index in [1.54, 1.807) is 0 Å². The van der Waals surface area contributed by atoms with E-state index in [1.807, 2.05) is 0 Å². The molecule has 0 aromatic carbocycles. The van der Waals surface area contributed by atoms with Crippen molar-refractivity contribution < 1.29 is 4.74 Å². The molecule has 3 nitrogen and oxygen atoms in total. The Balaban J connectivity index is 2.12. The van der Waals surface area contributed by atoms with Crippen molar-refractivity contribution in [1.29, 1.82) is 0 Å². The second-order valence-electron chi connectivity index (χ2n) is 6.74. The fraction of sp³-hybridized carbons (Fsp3) is 1.00. The second kappa shape index (κ2) is 5.89. The SMILES string of the molecule is CNCC(C(C)C)C1(C2CCCN(C)C2)COC1. The number of rotatable bonds is 5. The molecule has 0 saturated carbocycles. The third-order valence-electron chi connectivity index (χ3n) is 5.15. The molecule has 0 spiro atoms. The van der Waals surface area contributed by atoms with E-state index in [0.717, 1.165) is 37.5 Å². The van der Waals surface area contributed by atoms with Gasteiger partial charge in [-0.3, -0.25) is 0 Å². The number of piperidine rings is 1. The number of likely N-dealkylation sites (tertiary alicyclic amines) is 1. The van der Waals surface area contributed by atoms with Crippen LogP contribution in [0.2, 0.25) is 0 Å². The minimum Gasteiger partial charge on any atom is -0.380 e. The van der Waals surface area contributed by atoms with E-state index in [9.17, 15) is 0 Å². The summed E-state index contributed by atoms with van der Waals surface area (Å²) in [4.78, 5) is 2.50. The quantitative estimate of drug-likeness (QED) is 0.810. The van der Waals surface area contributed by atoms with Crippen molar-refractivity contribution in [3.8, 4) is 0 Å². The van der Waals surface area contributed by atoms with Crippen LogP contribution in [0.1, 0.15) is 26.7 Å². The highest BCUT2D eigenvalue weighted by Crippen LogP contribution is 2.48. The maximum atomic E-state index is 5.66. The Morgan fingerprint density at radius 1 is 1.39 bits per heavy atom. The van der Waals surface area contributed by atoms with E-state index in [1.165, 1.54) is 25.9 Å². The summed E-state index contributed by atoms with van der Waals surface area (Å²) < 4.78 is 5.66. The zero-order chi connectivity index (χ0) is 13.2. The van der Waals surface area contributed by atoms with E-state index in [0.29, 0.717) is 5.41 Å². The number of hydrogen-bond acceptors (Lipinski definition) is 3. The molecule has 1 N–H and O–H groups in total. The van der Waals surface area contributed by atoms with Gasteiger partial charge in [-0.25, -0.2) is 0 Å². The third-order valence-corrected chi connectivity index (χ3v) is 5.15. The minimum atomic E-state index is 0.436. The Kier molecular flexibility index (Phi) is 4.68. The summed E-state index contributed by atoms with van der Waals surface area (Å²) >= 11 is 0. The van der Waals surface area contributed by atoms with Gasteiger partial charge < -0.3 is 15.0 Å². The molecule has 3 heteroatoms. The van der Waals surface area contributed by atoms with Gasteiger partial charge in [0.25, 0.3) is 0 Å². The zero-order valence-electron chi connectivity index (χ0n) is 12.5. The summed E-state index contributed by atoms with van der Waals surface area (Å²) in [6.45, 7) is 10.4. The van der Waals surface area contributed by atoms with Gasteiger partial charge in [-0.15, -0.1) is 0 Å². The molecular weight excluding hydrogens is 224 g/mol. The van der Waals surface area contributed by atoms with E-state index >= 15 is 0 Å². The molecular formula is C15H30N2O. The van der Waals surface area contributed by atoms with Crippen molar-refractivity contribution in [2.75, 3.05) is 46.9 Å². The molecule has 2 aliphatic heterocycles. The van der Waals surface area contributed by atoms with E-state index < -0.39 is 0 Å². The number of nitrogens with zero attached hydrogens (tertiary/aromatic N) is 1. The first-order valence-electron chi connectivity index (χ1n) is 7.51. The van der Waals surface area contributed by atoms with Crippen LogP contribution in [0.3, 0.4) is 0 Å². The highest BCUT2D eigenvalue weighted by molar-refractivity contribution is 5.00. The van der Waals surface area contributed by atoms with Crippen LogP contribution in [0.5, 0.6) is 0 Å². The van der Waals surface area contributed by atoms with Gasteiger partial charge in [0.1, 0.15) is 0 Å². The lowest BCUT2D eigenvalue weighted by molar-refractivity contribution is -0.194. The predicted molar refractivity (Wildman–Crippen MR) is 75.7 cm³/mol. The van der Waals surface area contributed by atoms with Gasteiger partial charge >= 0.3 is 0 Å². The Labute approximate surface area is 112 Å². The maximum absolute atomic E-state index is 5.66. The van der Waals surface area contributed by atoms with Gasteiger partial charge in [-0.2, -0.15) is 0 Å². The Bertz CT molecular complexity index is 263. The minimum absolute atomic E-state index is 0.436. The summed E-state index contributed by atoms with van der Waals surface area (Å²) in [6.07, 6.45) is 2.74. The number of nitrogens with one attached hydrogen (secondary N) is 1. The summed E-state index contributed by atoms with van der Waals surface area (Å²) in [5.41, 5.74) is 0.436. The monoisotopic (exact) mass is 254 g/mol. The van der Waals surface area contributed by atoms with E-state index in [4.69, 9.17) is 4.74 Å². The molecule has 2 fully saturated rings. The molecule has 0 aromatic rings. The molecule has 2 saturated heterocycles. The van der Waals surface area contributed by atoms with Crippen LogP contribution in [-0.2, 0) is 4.74 Å². The zero-order valence-corrected chi connectivity index (χ0v) is 12.5. The number of ether oxygens (including phenoxy) is 1. The molecule has 0 aliphatic carbocycles. The topological polar surface area (TPSA) is 24.5 Å². The molecule has 0 aromatic heterocycles. The van der Waals surface area contributed by atoms with Crippen LogP contribution < -0.4 is 5.32 Å². The van der Waals surface area contributed by atoms with Crippen molar-refractivity contribution in [2.24, 2.45) is 23.2 Å². The van der Waals surface area contributed by atoms with Crippen molar-refractivity contribution in [3.63, 3.8) is 0 Å². The van der Waals surface area contributed by atoms with Gasteiger partial charge in [0.2, 0.25) is 0 Å². The standard InChI is InChI=1S/C15H30N2O/c1-12(2)14(8-16-3)15(10-18-11-15)13-6-5-7-17(4)9-13/h12-14,16H,5-11H2,1-4H3. The second-order valence-corrected chi connectivity index (χ2v) is 6.74. The molecule has 2 atom stereocenters. The first kappa shape index (κ1) is 14.3. The van der Waals surface area contributed by atoms with E-state index in [2.05, 4.69) is 38.2 Å². The lowest BCUT2D eigenvalue weighted by Crippen LogP contribution is -2.60. The Morgan fingerprint density at radius 2 is 2.11 bits per heavy atom. The van der Waals surface area contributed by atoms with Crippen LogP contribution in [0.25, 0.3) is 0 Å².